The van der Waals surface area contributed by atoms with Crippen LogP contribution in [-0.2, 0) is 21.1 Å². The summed E-state index contributed by atoms with van der Waals surface area (Å²) in [6.45, 7) is 0.602. The van der Waals surface area contributed by atoms with Crippen LogP contribution in [0.2, 0.25) is 5.02 Å². The maximum Gasteiger partial charge on any atom is 0.336 e. The Morgan fingerprint density at radius 2 is 2.04 bits per heavy atom. The van der Waals surface area contributed by atoms with Crippen molar-refractivity contribution >= 4 is 33.0 Å². The summed E-state index contributed by atoms with van der Waals surface area (Å²) in [5.41, 5.74) is 5.80. The molecule has 0 bridgehead atoms. The van der Waals surface area contributed by atoms with Gasteiger partial charge in [-0.3, -0.25) is 4.79 Å². The van der Waals surface area contributed by atoms with Crippen molar-refractivity contribution in [1.29, 1.82) is 0 Å². The van der Waals surface area contributed by atoms with Gasteiger partial charge in [-0.25, -0.2) is 8.42 Å². The molecule has 0 fully saturated rings. The molecule has 0 spiro atoms. The monoisotopic (exact) mass is 386 g/mol. The summed E-state index contributed by atoms with van der Waals surface area (Å²) in [7, 11) is -4.01. The number of hydrogen-bond acceptors (Lipinski definition) is 7. The summed E-state index contributed by atoms with van der Waals surface area (Å²) in [6, 6.07) is 6.39. The second-order valence-corrected chi connectivity index (χ2v) is 7.68. The lowest BCUT2D eigenvalue weighted by Gasteiger charge is -2.04. The summed E-state index contributed by atoms with van der Waals surface area (Å²) >= 11 is 5.81. The van der Waals surface area contributed by atoms with Gasteiger partial charge in [0.15, 0.2) is 0 Å². The van der Waals surface area contributed by atoms with E-state index in [2.05, 4.69) is 15.5 Å². The summed E-state index contributed by atoms with van der Waals surface area (Å²) in [4.78, 5) is 11.9. The SMILES string of the molecule is NCCCCCc1nnc(S(=O)(=O)CC(=O)Nc2cccc(Cl)c2)o1. The van der Waals surface area contributed by atoms with Crippen LogP contribution in [0.1, 0.15) is 25.2 Å². The molecule has 0 radical (unpaired) electrons. The van der Waals surface area contributed by atoms with Crippen LogP contribution in [0.15, 0.2) is 33.9 Å². The number of anilines is 1. The summed E-state index contributed by atoms with van der Waals surface area (Å²) in [5.74, 6) is -1.29. The van der Waals surface area contributed by atoms with E-state index in [0.29, 0.717) is 23.7 Å². The second kappa shape index (κ2) is 8.93. The number of unbranched alkanes of at least 4 members (excludes halogenated alkanes) is 2. The van der Waals surface area contributed by atoms with Crippen LogP contribution in [0.5, 0.6) is 0 Å². The number of halogens is 1. The molecule has 0 saturated heterocycles. The van der Waals surface area contributed by atoms with Crippen LogP contribution < -0.4 is 11.1 Å². The van der Waals surface area contributed by atoms with Crippen molar-refractivity contribution < 1.29 is 17.6 Å². The molecule has 0 saturated carbocycles. The summed E-state index contributed by atoms with van der Waals surface area (Å²) in [5, 5.41) is 9.57. The van der Waals surface area contributed by atoms with E-state index in [-0.39, 0.29) is 5.89 Å². The zero-order valence-electron chi connectivity index (χ0n) is 13.4. The molecule has 3 N–H and O–H groups in total. The highest BCUT2D eigenvalue weighted by Crippen LogP contribution is 2.16. The Morgan fingerprint density at radius 3 is 2.76 bits per heavy atom. The topological polar surface area (TPSA) is 128 Å². The van der Waals surface area contributed by atoms with Crippen molar-refractivity contribution in [3.8, 4) is 0 Å². The summed E-state index contributed by atoms with van der Waals surface area (Å²) < 4.78 is 29.5. The number of nitrogens with one attached hydrogen (secondary N) is 1. The predicted molar refractivity (Wildman–Crippen MR) is 93.0 cm³/mol. The highest BCUT2D eigenvalue weighted by Gasteiger charge is 2.26. The number of benzene rings is 1. The Labute approximate surface area is 150 Å². The van der Waals surface area contributed by atoms with Gasteiger partial charge in [-0.15, -0.1) is 5.10 Å². The Kier molecular flexibility index (Phi) is 6.91. The van der Waals surface area contributed by atoms with Gasteiger partial charge in [0.25, 0.3) is 0 Å². The number of aromatic nitrogens is 2. The largest absolute Gasteiger partial charge is 0.413 e. The number of carbonyl (C=O) groups excluding carboxylic acids is 1. The van der Waals surface area contributed by atoms with Gasteiger partial charge in [0.2, 0.25) is 21.6 Å². The minimum absolute atomic E-state index is 0.228. The number of nitrogens with two attached hydrogens (primary N) is 1. The quantitative estimate of drug-likeness (QED) is 0.628. The molecule has 0 aliphatic rings. The first kappa shape index (κ1) is 19.4. The minimum Gasteiger partial charge on any atom is -0.413 e. The number of hydrogen-bond donors (Lipinski definition) is 2. The van der Waals surface area contributed by atoms with Crippen LogP contribution in [0.25, 0.3) is 0 Å². The molecule has 0 atom stereocenters. The third kappa shape index (κ3) is 6.11. The van der Waals surface area contributed by atoms with Crippen molar-refractivity contribution in [2.45, 2.75) is 30.9 Å². The van der Waals surface area contributed by atoms with E-state index >= 15 is 0 Å². The van der Waals surface area contributed by atoms with E-state index in [9.17, 15) is 13.2 Å². The lowest BCUT2D eigenvalue weighted by Crippen LogP contribution is -2.23. The minimum atomic E-state index is -4.01. The van der Waals surface area contributed by atoms with E-state index in [1.54, 1.807) is 18.2 Å². The van der Waals surface area contributed by atoms with Gasteiger partial charge in [0.05, 0.1) is 0 Å². The molecule has 1 amide bonds. The Bertz CT molecular complexity index is 822. The Balaban J connectivity index is 1.94. The Hall–Kier alpha value is -1.97. The molecule has 136 valence electrons. The molecular weight excluding hydrogens is 368 g/mol. The normalized spacial score (nSPS) is 11.4. The van der Waals surface area contributed by atoms with Gasteiger partial charge in [0, 0.05) is 17.1 Å². The first-order chi connectivity index (χ1) is 11.9. The Morgan fingerprint density at radius 1 is 1.24 bits per heavy atom. The van der Waals surface area contributed by atoms with E-state index in [1.807, 2.05) is 0 Å². The molecule has 8 nitrogen and oxygen atoms in total. The van der Waals surface area contributed by atoms with Crippen molar-refractivity contribution in [3.63, 3.8) is 0 Å². The van der Waals surface area contributed by atoms with E-state index in [0.717, 1.165) is 19.3 Å². The first-order valence-corrected chi connectivity index (χ1v) is 9.74. The average Bonchev–Trinajstić information content (AvgIpc) is 3.01. The molecule has 25 heavy (non-hydrogen) atoms. The third-order valence-electron chi connectivity index (χ3n) is 3.24. The second-order valence-electron chi connectivity index (χ2n) is 5.38. The molecule has 0 unspecified atom stereocenters. The molecule has 0 aliphatic carbocycles. The van der Waals surface area contributed by atoms with Crippen molar-refractivity contribution in [2.24, 2.45) is 5.73 Å². The molecule has 1 aromatic heterocycles. The number of aryl methyl sites for hydroxylation is 1. The zero-order chi connectivity index (χ0) is 18.3. The van der Waals surface area contributed by atoms with Gasteiger partial charge in [-0.05, 0) is 37.6 Å². The maximum absolute atomic E-state index is 12.2. The van der Waals surface area contributed by atoms with E-state index in [4.69, 9.17) is 21.8 Å². The van der Waals surface area contributed by atoms with Crippen LogP contribution in [0.4, 0.5) is 5.69 Å². The average molecular weight is 387 g/mol. The number of sulfone groups is 1. The van der Waals surface area contributed by atoms with Crippen LogP contribution in [0, 0.1) is 0 Å². The number of rotatable bonds is 9. The number of carbonyl (C=O) groups is 1. The molecular formula is C15H19ClN4O4S. The first-order valence-electron chi connectivity index (χ1n) is 7.71. The molecule has 0 aliphatic heterocycles. The molecule has 10 heteroatoms. The molecule has 2 rings (SSSR count). The molecule has 1 aromatic carbocycles. The van der Waals surface area contributed by atoms with Crippen molar-refractivity contribution in [3.05, 3.63) is 35.2 Å². The van der Waals surface area contributed by atoms with E-state index < -0.39 is 26.7 Å². The fraction of sp³-hybridized carbons (Fsp3) is 0.400. The van der Waals surface area contributed by atoms with Crippen molar-refractivity contribution in [2.75, 3.05) is 17.6 Å². The third-order valence-corrected chi connectivity index (χ3v) is 4.81. The predicted octanol–water partition coefficient (Wildman–Crippen LogP) is 1.81. The van der Waals surface area contributed by atoms with Crippen LogP contribution in [0.3, 0.4) is 0 Å². The maximum atomic E-state index is 12.2. The fourth-order valence-electron chi connectivity index (χ4n) is 2.06. The highest BCUT2D eigenvalue weighted by molar-refractivity contribution is 7.91. The van der Waals surface area contributed by atoms with Gasteiger partial charge in [-0.2, -0.15) is 0 Å². The summed E-state index contributed by atoms with van der Waals surface area (Å²) in [6.07, 6.45) is 3.01. The standard InChI is InChI=1S/C15H19ClN4O4S/c16-11-5-4-6-12(9-11)18-13(21)10-25(22,23)15-20-19-14(24-15)7-2-1-3-8-17/h4-6,9H,1-3,7-8,10,17H2,(H,18,21). The zero-order valence-corrected chi connectivity index (χ0v) is 15.0. The van der Waals surface area contributed by atoms with Crippen LogP contribution in [-0.4, -0.2) is 36.8 Å². The van der Waals surface area contributed by atoms with Gasteiger partial charge in [0.1, 0.15) is 5.75 Å². The lowest BCUT2D eigenvalue weighted by atomic mass is 10.2. The molecule has 2 aromatic rings. The fourth-order valence-corrected chi connectivity index (χ4v) is 3.18. The highest BCUT2D eigenvalue weighted by atomic mass is 35.5. The molecule has 1 heterocycles. The van der Waals surface area contributed by atoms with Crippen LogP contribution >= 0.6 is 11.6 Å². The van der Waals surface area contributed by atoms with Gasteiger partial charge >= 0.3 is 5.22 Å². The lowest BCUT2D eigenvalue weighted by molar-refractivity contribution is -0.113. The smallest absolute Gasteiger partial charge is 0.336 e. The van der Waals surface area contributed by atoms with E-state index in [1.165, 1.54) is 6.07 Å². The van der Waals surface area contributed by atoms with Gasteiger partial charge in [-0.1, -0.05) is 29.2 Å². The number of nitrogens with zero attached hydrogens (tertiary/aromatic N) is 2. The van der Waals surface area contributed by atoms with Gasteiger partial charge < -0.3 is 15.5 Å². The van der Waals surface area contributed by atoms with Crippen molar-refractivity contribution in [1.82, 2.24) is 10.2 Å². The number of amides is 1.